The van der Waals surface area contributed by atoms with Gasteiger partial charge in [-0.3, -0.25) is 9.89 Å². The van der Waals surface area contributed by atoms with Gasteiger partial charge < -0.3 is 14.8 Å². The van der Waals surface area contributed by atoms with Crippen molar-refractivity contribution in [3.8, 4) is 11.5 Å². The number of H-pyrrole nitrogens is 1. The lowest BCUT2D eigenvalue weighted by Gasteiger charge is -2.11. The molecular weight excluding hydrogens is 294 g/mol. The number of nitrogens with one attached hydrogen (secondary N) is 2. The van der Waals surface area contributed by atoms with Gasteiger partial charge in [-0.25, -0.2) is 0 Å². The summed E-state index contributed by atoms with van der Waals surface area (Å²) in [4.78, 5) is 12.3. The molecule has 0 saturated carbocycles. The van der Waals surface area contributed by atoms with Gasteiger partial charge in [0.05, 0.1) is 0 Å². The van der Waals surface area contributed by atoms with E-state index in [1.807, 2.05) is 18.2 Å². The van der Waals surface area contributed by atoms with Crippen molar-refractivity contribution in [2.24, 2.45) is 0 Å². The minimum absolute atomic E-state index is 0.0925. The van der Waals surface area contributed by atoms with Crippen LogP contribution < -0.4 is 14.8 Å². The summed E-state index contributed by atoms with van der Waals surface area (Å²) in [6.45, 7) is 0.847. The van der Waals surface area contributed by atoms with E-state index >= 15 is 0 Å². The molecular formula is C17H19N3O3. The van der Waals surface area contributed by atoms with Crippen molar-refractivity contribution in [3.63, 3.8) is 0 Å². The Labute approximate surface area is 134 Å². The summed E-state index contributed by atoms with van der Waals surface area (Å²) in [5.74, 6) is 1.46. The van der Waals surface area contributed by atoms with Crippen LogP contribution in [0.3, 0.4) is 0 Å². The van der Waals surface area contributed by atoms with E-state index in [0.717, 1.165) is 54.0 Å². The van der Waals surface area contributed by atoms with Crippen LogP contribution in [0.25, 0.3) is 0 Å². The second-order valence-electron chi connectivity index (χ2n) is 5.93. The predicted molar refractivity (Wildman–Crippen MR) is 83.8 cm³/mol. The van der Waals surface area contributed by atoms with Crippen LogP contribution in [0, 0.1) is 0 Å². The quantitative estimate of drug-likeness (QED) is 0.905. The summed E-state index contributed by atoms with van der Waals surface area (Å²) in [6, 6.07) is 5.87. The lowest BCUT2D eigenvalue weighted by Crippen LogP contribution is -2.27. The molecule has 6 nitrogen and oxygen atoms in total. The number of aromatic amines is 1. The number of amides is 1. The molecule has 1 amide bonds. The summed E-state index contributed by atoms with van der Waals surface area (Å²) in [5.41, 5.74) is 3.89. The zero-order valence-corrected chi connectivity index (χ0v) is 12.9. The molecule has 0 radical (unpaired) electrons. The smallest absolute Gasteiger partial charge is 0.272 e. The maximum absolute atomic E-state index is 12.3. The number of nitrogens with zero attached hydrogens (tertiary/aromatic N) is 1. The molecule has 0 atom stereocenters. The molecule has 1 aliphatic carbocycles. The molecule has 120 valence electrons. The van der Waals surface area contributed by atoms with Crippen molar-refractivity contribution < 1.29 is 14.3 Å². The fraction of sp³-hybridized carbons (Fsp3) is 0.412. The van der Waals surface area contributed by atoms with Gasteiger partial charge in [-0.15, -0.1) is 0 Å². The lowest BCUT2D eigenvalue weighted by molar-refractivity contribution is 0.0948. The lowest BCUT2D eigenvalue weighted by atomic mass is 9.96. The number of aromatic nitrogens is 2. The number of ether oxygens (including phenoxy) is 2. The molecule has 0 bridgehead atoms. The molecule has 0 spiro atoms. The fourth-order valence-corrected chi connectivity index (χ4v) is 3.17. The van der Waals surface area contributed by atoms with Crippen molar-refractivity contribution in [2.75, 3.05) is 13.3 Å². The van der Waals surface area contributed by atoms with Crippen LogP contribution in [0.5, 0.6) is 11.5 Å². The Morgan fingerprint density at radius 3 is 3.04 bits per heavy atom. The van der Waals surface area contributed by atoms with E-state index in [9.17, 15) is 4.79 Å². The highest BCUT2D eigenvalue weighted by Crippen LogP contribution is 2.32. The molecule has 1 aromatic carbocycles. The summed E-state index contributed by atoms with van der Waals surface area (Å²) in [5, 5.41) is 10.2. The number of hydrogen-bond donors (Lipinski definition) is 2. The Balaban J connectivity index is 1.36. The second kappa shape index (κ2) is 5.95. The molecule has 0 saturated heterocycles. The van der Waals surface area contributed by atoms with Crippen molar-refractivity contribution in [3.05, 3.63) is 40.7 Å². The van der Waals surface area contributed by atoms with E-state index in [0.29, 0.717) is 12.2 Å². The highest BCUT2D eigenvalue weighted by atomic mass is 16.7. The van der Waals surface area contributed by atoms with E-state index in [4.69, 9.17) is 9.47 Å². The molecule has 4 rings (SSSR count). The van der Waals surface area contributed by atoms with Gasteiger partial charge >= 0.3 is 0 Å². The Morgan fingerprint density at radius 2 is 2.09 bits per heavy atom. The van der Waals surface area contributed by atoms with E-state index in [1.54, 1.807) is 0 Å². The maximum atomic E-state index is 12.3. The van der Waals surface area contributed by atoms with Gasteiger partial charge in [-0.2, -0.15) is 5.10 Å². The van der Waals surface area contributed by atoms with Gasteiger partial charge in [0, 0.05) is 17.8 Å². The number of carbonyl (C=O) groups is 1. The Morgan fingerprint density at radius 1 is 1.22 bits per heavy atom. The van der Waals surface area contributed by atoms with E-state index in [2.05, 4.69) is 15.5 Å². The number of fused-ring (bicyclic) bond motifs is 2. The summed E-state index contributed by atoms with van der Waals surface area (Å²) >= 11 is 0. The number of hydrogen-bond acceptors (Lipinski definition) is 4. The SMILES string of the molecule is O=C(NCCc1ccc2c(c1)OCO2)c1n[nH]c2c1CCCC2. The summed E-state index contributed by atoms with van der Waals surface area (Å²) < 4.78 is 10.7. The normalized spacial score (nSPS) is 15.3. The third-order valence-electron chi connectivity index (χ3n) is 4.41. The van der Waals surface area contributed by atoms with Gasteiger partial charge in [0.1, 0.15) is 0 Å². The van der Waals surface area contributed by atoms with E-state index in [-0.39, 0.29) is 12.7 Å². The van der Waals surface area contributed by atoms with Crippen LogP contribution in [-0.4, -0.2) is 29.4 Å². The molecule has 2 heterocycles. The molecule has 1 aliphatic heterocycles. The van der Waals surface area contributed by atoms with Crippen LogP contribution >= 0.6 is 0 Å². The third kappa shape index (κ3) is 2.76. The van der Waals surface area contributed by atoms with Crippen molar-refractivity contribution in [1.82, 2.24) is 15.5 Å². The fourth-order valence-electron chi connectivity index (χ4n) is 3.17. The summed E-state index contributed by atoms with van der Waals surface area (Å²) in [7, 11) is 0. The first-order valence-electron chi connectivity index (χ1n) is 8.04. The van der Waals surface area contributed by atoms with Gasteiger partial charge in [0.2, 0.25) is 6.79 Å². The molecule has 23 heavy (non-hydrogen) atoms. The molecule has 0 unspecified atom stereocenters. The molecule has 1 aromatic heterocycles. The Bertz CT molecular complexity index is 739. The van der Waals surface area contributed by atoms with Crippen LogP contribution in [0.15, 0.2) is 18.2 Å². The molecule has 2 aromatic rings. The molecule has 2 N–H and O–H groups in total. The third-order valence-corrected chi connectivity index (χ3v) is 4.41. The maximum Gasteiger partial charge on any atom is 0.272 e. The largest absolute Gasteiger partial charge is 0.454 e. The summed E-state index contributed by atoms with van der Waals surface area (Å²) in [6.07, 6.45) is 4.98. The first-order valence-corrected chi connectivity index (χ1v) is 8.04. The highest BCUT2D eigenvalue weighted by molar-refractivity contribution is 5.94. The zero-order chi connectivity index (χ0) is 15.6. The van der Waals surface area contributed by atoms with Crippen LogP contribution in [-0.2, 0) is 19.3 Å². The first-order chi connectivity index (χ1) is 11.3. The minimum atomic E-state index is -0.0925. The van der Waals surface area contributed by atoms with Gasteiger partial charge in [0.25, 0.3) is 5.91 Å². The minimum Gasteiger partial charge on any atom is -0.454 e. The van der Waals surface area contributed by atoms with E-state index in [1.165, 1.54) is 6.42 Å². The number of aryl methyl sites for hydroxylation is 1. The first kappa shape index (κ1) is 14.1. The Kier molecular flexibility index (Phi) is 3.65. The molecule has 2 aliphatic rings. The van der Waals surface area contributed by atoms with Crippen LogP contribution in [0.4, 0.5) is 0 Å². The number of rotatable bonds is 4. The van der Waals surface area contributed by atoms with Crippen molar-refractivity contribution in [1.29, 1.82) is 0 Å². The average molecular weight is 313 g/mol. The van der Waals surface area contributed by atoms with Gasteiger partial charge in [-0.1, -0.05) is 6.07 Å². The van der Waals surface area contributed by atoms with E-state index < -0.39 is 0 Å². The Hall–Kier alpha value is -2.50. The molecule has 6 heteroatoms. The zero-order valence-electron chi connectivity index (χ0n) is 12.9. The molecule has 0 fully saturated rings. The monoisotopic (exact) mass is 313 g/mol. The number of benzene rings is 1. The van der Waals surface area contributed by atoms with Gasteiger partial charge in [0.15, 0.2) is 17.2 Å². The van der Waals surface area contributed by atoms with Crippen LogP contribution in [0.1, 0.15) is 40.2 Å². The predicted octanol–water partition coefficient (Wildman–Crippen LogP) is 1.99. The van der Waals surface area contributed by atoms with Crippen molar-refractivity contribution >= 4 is 5.91 Å². The number of carbonyl (C=O) groups excluding carboxylic acids is 1. The topological polar surface area (TPSA) is 76.2 Å². The van der Waals surface area contributed by atoms with Gasteiger partial charge in [-0.05, 0) is 49.8 Å². The van der Waals surface area contributed by atoms with Crippen LogP contribution in [0.2, 0.25) is 0 Å². The standard InChI is InChI=1S/C17H19N3O3/c21-17(16-12-3-1-2-4-13(12)19-20-16)18-8-7-11-5-6-14-15(9-11)23-10-22-14/h5-6,9H,1-4,7-8,10H2,(H,18,21)(H,19,20). The van der Waals surface area contributed by atoms with Crippen molar-refractivity contribution in [2.45, 2.75) is 32.1 Å². The highest BCUT2D eigenvalue weighted by Gasteiger charge is 2.21. The second-order valence-corrected chi connectivity index (χ2v) is 5.93. The average Bonchev–Trinajstić information content (AvgIpc) is 3.21.